The van der Waals surface area contributed by atoms with Crippen molar-refractivity contribution >= 4 is 5.91 Å². The highest BCUT2D eigenvalue weighted by atomic mass is 16.1. The molecule has 0 radical (unpaired) electrons. The molecule has 0 saturated heterocycles. The fraction of sp³-hybridized carbons (Fsp3) is 0.562. The minimum Gasteiger partial charge on any atom is -0.353 e. The van der Waals surface area contributed by atoms with Crippen LogP contribution in [0.2, 0.25) is 0 Å². The van der Waals surface area contributed by atoms with Crippen molar-refractivity contribution in [3.8, 4) is 0 Å². The van der Waals surface area contributed by atoms with Crippen LogP contribution in [0.5, 0.6) is 0 Å². The van der Waals surface area contributed by atoms with Crippen LogP contribution in [0.3, 0.4) is 0 Å². The molecule has 1 amide bonds. The largest absolute Gasteiger partial charge is 0.353 e. The monoisotopic (exact) mass is 247 g/mol. The van der Waals surface area contributed by atoms with Crippen LogP contribution >= 0.6 is 0 Å². The molecule has 0 unspecified atom stereocenters. The zero-order valence-corrected chi connectivity index (χ0v) is 12.2. The summed E-state index contributed by atoms with van der Waals surface area (Å²) in [6.07, 6.45) is 0.940. The number of benzene rings is 1. The Morgan fingerprint density at radius 1 is 1.17 bits per heavy atom. The van der Waals surface area contributed by atoms with Gasteiger partial charge in [-0.15, -0.1) is 0 Å². The van der Waals surface area contributed by atoms with E-state index in [1.165, 1.54) is 5.56 Å². The van der Waals surface area contributed by atoms with Crippen LogP contribution in [0.15, 0.2) is 30.3 Å². The van der Waals surface area contributed by atoms with Gasteiger partial charge in [0.05, 0.1) is 0 Å². The van der Waals surface area contributed by atoms with Crippen LogP contribution in [0.25, 0.3) is 0 Å². The summed E-state index contributed by atoms with van der Waals surface area (Å²) < 4.78 is 0. The van der Waals surface area contributed by atoms with E-state index in [1.807, 2.05) is 19.9 Å². The minimum atomic E-state index is 0.0484. The van der Waals surface area contributed by atoms with Crippen molar-refractivity contribution in [2.45, 2.75) is 52.5 Å². The molecule has 1 rings (SSSR count). The van der Waals surface area contributed by atoms with Gasteiger partial charge >= 0.3 is 0 Å². The Kier molecular flexibility index (Phi) is 4.94. The molecule has 0 spiro atoms. The molecule has 18 heavy (non-hydrogen) atoms. The van der Waals surface area contributed by atoms with E-state index >= 15 is 0 Å². The number of nitrogens with one attached hydrogen (secondary N) is 1. The Morgan fingerprint density at radius 2 is 1.72 bits per heavy atom. The van der Waals surface area contributed by atoms with E-state index in [0.717, 1.165) is 6.42 Å². The fourth-order valence-electron chi connectivity index (χ4n) is 2.23. The van der Waals surface area contributed by atoms with Crippen LogP contribution in [0.4, 0.5) is 0 Å². The molecule has 1 aromatic carbocycles. The van der Waals surface area contributed by atoms with Gasteiger partial charge in [0, 0.05) is 12.0 Å². The van der Waals surface area contributed by atoms with Crippen molar-refractivity contribution in [1.82, 2.24) is 5.32 Å². The molecule has 0 saturated carbocycles. The maximum absolute atomic E-state index is 11.7. The Labute approximate surface area is 111 Å². The van der Waals surface area contributed by atoms with E-state index in [9.17, 15) is 4.79 Å². The molecule has 0 aromatic heterocycles. The Morgan fingerprint density at radius 3 is 2.22 bits per heavy atom. The van der Waals surface area contributed by atoms with Gasteiger partial charge in [-0.25, -0.2) is 0 Å². The van der Waals surface area contributed by atoms with E-state index in [4.69, 9.17) is 0 Å². The molecule has 1 N–H and O–H groups in total. The third-order valence-corrected chi connectivity index (χ3v) is 3.28. The molecule has 0 heterocycles. The highest BCUT2D eigenvalue weighted by molar-refractivity contribution is 5.78. The van der Waals surface area contributed by atoms with Gasteiger partial charge in [0.1, 0.15) is 0 Å². The predicted octanol–water partition coefficient (Wildman–Crippen LogP) is 3.52. The molecule has 100 valence electrons. The second-order valence-corrected chi connectivity index (χ2v) is 6.02. The first-order chi connectivity index (χ1) is 8.33. The average molecular weight is 247 g/mol. The second kappa shape index (κ2) is 6.03. The summed E-state index contributed by atoms with van der Waals surface area (Å²) in [6.45, 7) is 10.4. The zero-order chi connectivity index (χ0) is 13.8. The highest BCUT2D eigenvalue weighted by Crippen LogP contribution is 2.28. The average Bonchev–Trinajstić information content (AvgIpc) is 2.29. The lowest BCUT2D eigenvalue weighted by Gasteiger charge is -2.29. The Hall–Kier alpha value is -1.31. The van der Waals surface area contributed by atoms with Crippen molar-refractivity contribution in [2.75, 3.05) is 0 Å². The van der Waals surface area contributed by atoms with E-state index in [-0.39, 0.29) is 23.3 Å². The topological polar surface area (TPSA) is 29.1 Å². The van der Waals surface area contributed by atoms with Crippen LogP contribution in [0.1, 0.15) is 46.6 Å². The molecule has 2 heteroatoms. The first kappa shape index (κ1) is 14.7. The van der Waals surface area contributed by atoms with Crippen molar-refractivity contribution in [3.63, 3.8) is 0 Å². The van der Waals surface area contributed by atoms with E-state index in [0.29, 0.717) is 0 Å². The van der Waals surface area contributed by atoms with Crippen molar-refractivity contribution in [1.29, 1.82) is 0 Å². The number of amides is 1. The van der Waals surface area contributed by atoms with Gasteiger partial charge in [-0.3, -0.25) is 4.79 Å². The summed E-state index contributed by atoms with van der Waals surface area (Å²) >= 11 is 0. The third kappa shape index (κ3) is 4.17. The summed E-state index contributed by atoms with van der Waals surface area (Å²) in [6, 6.07) is 10.6. The van der Waals surface area contributed by atoms with E-state index < -0.39 is 0 Å². The van der Waals surface area contributed by atoms with Gasteiger partial charge in [-0.05, 0) is 24.3 Å². The van der Waals surface area contributed by atoms with Crippen LogP contribution < -0.4 is 5.32 Å². The summed E-state index contributed by atoms with van der Waals surface area (Å²) in [7, 11) is 0. The molecule has 0 fully saturated rings. The SMILES string of the molecule is CC(C)C(=O)N[C@@H](C)CC(C)(C)c1ccccc1. The van der Waals surface area contributed by atoms with Crippen molar-refractivity contribution < 1.29 is 4.79 Å². The first-order valence-corrected chi connectivity index (χ1v) is 6.69. The molecular formula is C16H25NO. The van der Waals surface area contributed by atoms with Gasteiger partial charge < -0.3 is 5.32 Å². The number of rotatable bonds is 5. The van der Waals surface area contributed by atoms with Gasteiger partial charge in [0.2, 0.25) is 5.91 Å². The molecule has 0 aliphatic rings. The van der Waals surface area contributed by atoms with Crippen LogP contribution in [-0.4, -0.2) is 11.9 Å². The molecule has 0 aliphatic carbocycles. The normalized spacial score (nSPS) is 13.4. The van der Waals surface area contributed by atoms with Gasteiger partial charge in [0.15, 0.2) is 0 Å². The van der Waals surface area contributed by atoms with Gasteiger partial charge in [-0.1, -0.05) is 58.0 Å². The molecule has 2 nitrogen and oxygen atoms in total. The zero-order valence-electron chi connectivity index (χ0n) is 12.2. The Bertz CT molecular complexity index is 381. The minimum absolute atomic E-state index is 0.0484. The fourth-order valence-corrected chi connectivity index (χ4v) is 2.23. The first-order valence-electron chi connectivity index (χ1n) is 6.69. The lowest BCUT2D eigenvalue weighted by molar-refractivity contribution is -0.124. The van der Waals surface area contributed by atoms with Crippen LogP contribution in [0, 0.1) is 5.92 Å². The number of hydrogen-bond donors (Lipinski definition) is 1. The molecule has 1 atom stereocenters. The summed E-state index contributed by atoms with van der Waals surface area (Å²) in [5.41, 5.74) is 1.39. The van der Waals surface area contributed by atoms with Crippen molar-refractivity contribution in [2.24, 2.45) is 5.92 Å². The number of carbonyl (C=O) groups is 1. The maximum Gasteiger partial charge on any atom is 0.222 e. The Balaban J connectivity index is 2.63. The summed E-state index contributed by atoms with van der Waals surface area (Å²) in [4.78, 5) is 11.7. The van der Waals surface area contributed by atoms with Gasteiger partial charge in [0.25, 0.3) is 0 Å². The summed E-state index contributed by atoms with van der Waals surface area (Å²) in [5, 5.41) is 3.07. The maximum atomic E-state index is 11.7. The standard InChI is InChI=1S/C16H25NO/c1-12(2)15(18)17-13(3)11-16(4,5)14-9-7-6-8-10-14/h6-10,12-13H,11H2,1-5H3,(H,17,18)/t13-/m0/s1. The molecule has 1 aromatic rings. The smallest absolute Gasteiger partial charge is 0.222 e. The second-order valence-electron chi connectivity index (χ2n) is 6.02. The van der Waals surface area contributed by atoms with Crippen LogP contribution in [-0.2, 0) is 10.2 Å². The number of carbonyl (C=O) groups excluding carboxylic acids is 1. The number of hydrogen-bond acceptors (Lipinski definition) is 1. The predicted molar refractivity (Wildman–Crippen MR) is 76.5 cm³/mol. The van der Waals surface area contributed by atoms with Crippen molar-refractivity contribution in [3.05, 3.63) is 35.9 Å². The molecular weight excluding hydrogens is 222 g/mol. The molecule has 0 aliphatic heterocycles. The van der Waals surface area contributed by atoms with Gasteiger partial charge in [-0.2, -0.15) is 0 Å². The van der Waals surface area contributed by atoms with E-state index in [1.54, 1.807) is 0 Å². The summed E-state index contributed by atoms with van der Waals surface area (Å²) in [5.74, 6) is 0.179. The quantitative estimate of drug-likeness (QED) is 0.847. The molecule has 0 bridgehead atoms. The third-order valence-electron chi connectivity index (χ3n) is 3.28. The lowest BCUT2D eigenvalue weighted by Crippen LogP contribution is -2.39. The lowest BCUT2D eigenvalue weighted by atomic mass is 9.79. The van der Waals surface area contributed by atoms with E-state index in [2.05, 4.69) is 50.4 Å². The highest BCUT2D eigenvalue weighted by Gasteiger charge is 2.24.